The van der Waals surface area contributed by atoms with Gasteiger partial charge in [0.15, 0.2) is 0 Å². The molecule has 0 aliphatic carbocycles. The molecule has 1 atom stereocenters. The van der Waals surface area contributed by atoms with Crippen LogP contribution in [0, 0.1) is 0 Å². The zero-order valence-corrected chi connectivity index (χ0v) is 20.9. The van der Waals surface area contributed by atoms with E-state index in [9.17, 15) is 18.0 Å². The molecule has 0 spiro atoms. The van der Waals surface area contributed by atoms with Crippen LogP contribution < -0.4 is 5.32 Å². The average Bonchev–Trinajstić information content (AvgIpc) is 2.84. The van der Waals surface area contributed by atoms with Gasteiger partial charge in [0.2, 0.25) is 21.8 Å². The number of hydrogen-bond acceptors (Lipinski definition) is 4. The van der Waals surface area contributed by atoms with Crippen molar-refractivity contribution in [3.63, 3.8) is 0 Å². The summed E-state index contributed by atoms with van der Waals surface area (Å²) >= 11 is 5.97. The Labute approximate surface area is 205 Å². The monoisotopic (exact) mass is 501 g/mol. The molecule has 3 aromatic carbocycles. The van der Waals surface area contributed by atoms with Gasteiger partial charge in [0.05, 0.1) is 11.4 Å². The molecule has 0 unspecified atom stereocenters. The van der Waals surface area contributed by atoms with E-state index in [4.69, 9.17) is 11.6 Å². The quantitative estimate of drug-likeness (QED) is 0.484. The topological polar surface area (TPSA) is 86.8 Å². The lowest BCUT2D eigenvalue weighted by molar-refractivity contribution is -0.141. The first kappa shape index (κ1) is 25.7. The Kier molecular flexibility index (Phi) is 8.30. The van der Waals surface area contributed by atoms with Crippen LogP contribution in [0.25, 0.3) is 10.8 Å². The summed E-state index contributed by atoms with van der Waals surface area (Å²) in [5, 5.41) is 4.86. The van der Waals surface area contributed by atoms with Gasteiger partial charge < -0.3 is 10.2 Å². The molecule has 0 heterocycles. The summed E-state index contributed by atoms with van der Waals surface area (Å²) in [7, 11) is -1.06. The number of carbonyl (C=O) groups excluding carboxylic acids is 2. The van der Waals surface area contributed by atoms with E-state index < -0.39 is 28.5 Å². The fraction of sp³-hybridized carbons (Fsp3) is 0.280. The molecule has 0 aliphatic rings. The maximum atomic E-state index is 13.3. The summed E-state index contributed by atoms with van der Waals surface area (Å²) in [5.74, 6) is -0.790. The van der Waals surface area contributed by atoms with Crippen molar-refractivity contribution in [1.82, 2.24) is 14.5 Å². The fourth-order valence-corrected chi connectivity index (χ4v) is 5.03. The Bertz CT molecular complexity index is 1280. The van der Waals surface area contributed by atoms with Gasteiger partial charge in [-0.25, -0.2) is 8.42 Å². The summed E-state index contributed by atoms with van der Waals surface area (Å²) in [4.78, 5) is 27.4. The number of rotatable bonds is 9. The molecular formula is C25H28ClN3O4S. The lowest BCUT2D eigenvalue weighted by atomic mass is 10.1. The van der Waals surface area contributed by atoms with E-state index in [2.05, 4.69) is 5.32 Å². The van der Waals surface area contributed by atoms with E-state index >= 15 is 0 Å². The molecule has 3 aromatic rings. The van der Waals surface area contributed by atoms with Crippen LogP contribution in [0.4, 0.5) is 0 Å². The van der Waals surface area contributed by atoms with Gasteiger partial charge in [0.1, 0.15) is 6.04 Å². The van der Waals surface area contributed by atoms with Crippen LogP contribution in [-0.4, -0.2) is 56.1 Å². The number of likely N-dealkylation sites (N-methyl/N-ethyl adjacent to an activating group) is 2. The highest BCUT2D eigenvalue weighted by molar-refractivity contribution is 7.89. The maximum Gasteiger partial charge on any atom is 0.243 e. The summed E-state index contributed by atoms with van der Waals surface area (Å²) < 4.78 is 27.5. The minimum atomic E-state index is -3.93. The Morgan fingerprint density at radius 1 is 1.00 bits per heavy atom. The summed E-state index contributed by atoms with van der Waals surface area (Å²) in [5.41, 5.74) is 0.778. The molecule has 2 amide bonds. The predicted molar refractivity (Wildman–Crippen MR) is 134 cm³/mol. The third-order valence-corrected chi connectivity index (χ3v) is 7.74. The number of fused-ring (bicyclic) bond motifs is 1. The molecule has 0 bridgehead atoms. The molecular weight excluding hydrogens is 474 g/mol. The Morgan fingerprint density at radius 2 is 1.65 bits per heavy atom. The van der Waals surface area contributed by atoms with Crippen LogP contribution in [0.3, 0.4) is 0 Å². The second kappa shape index (κ2) is 11.0. The molecule has 34 heavy (non-hydrogen) atoms. The summed E-state index contributed by atoms with van der Waals surface area (Å²) in [6, 6.07) is 18.5. The van der Waals surface area contributed by atoms with Crippen LogP contribution >= 0.6 is 11.6 Å². The van der Waals surface area contributed by atoms with Crippen LogP contribution in [-0.2, 0) is 26.2 Å². The van der Waals surface area contributed by atoms with Gasteiger partial charge in [0, 0.05) is 25.7 Å². The van der Waals surface area contributed by atoms with Gasteiger partial charge in [-0.05, 0) is 47.0 Å². The first-order chi connectivity index (χ1) is 16.2. The Hall–Kier alpha value is -2.94. The third-order valence-electron chi connectivity index (χ3n) is 5.69. The van der Waals surface area contributed by atoms with Gasteiger partial charge in [-0.15, -0.1) is 0 Å². The summed E-state index contributed by atoms with van der Waals surface area (Å²) in [6.07, 6.45) is 0.375. The molecule has 9 heteroatoms. The summed E-state index contributed by atoms with van der Waals surface area (Å²) in [6.45, 7) is 1.54. The van der Waals surface area contributed by atoms with Gasteiger partial charge in [-0.3, -0.25) is 9.59 Å². The number of benzene rings is 3. The van der Waals surface area contributed by atoms with Gasteiger partial charge in [-0.2, -0.15) is 4.31 Å². The lowest BCUT2D eigenvalue weighted by Crippen LogP contribution is -2.51. The van der Waals surface area contributed by atoms with Crippen LogP contribution in [0.5, 0.6) is 0 Å². The highest BCUT2D eigenvalue weighted by atomic mass is 35.5. The fourth-order valence-electron chi connectivity index (χ4n) is 3.75. The van der Waals surface area contributed by atoms with Crippen molar-refractivity contribution in [3.8, 4) is 0 Å². The second-order valence-electron chi connectivity index (χ2n) is 7.96. The highest BCUT2D eigenvalue weighted by Gasteiger charge is 2.31. The van der Waals surface area contributed by atoms with Gasteiger partial charge >= 0.3 is 0 Å². The molecule has 1 N–H and O–H groups in total. The van der Waals surface area contributed by atoms with Crippen molar-refractivity contribution < 1.29 is 18.0 Å². The van der Waals surface area contributed by atoms with Crippen molar-refractivity contribution >= 4 is 44.2 Å². The highest BCUT2D eigenvalue weighted by Crippen LogP contribution is 2.22. The Morgan fingerprint density at radius 3 is 2.26 bits per heavy atom. The van der Waals surface area contributed by atoms with Crippen LogP contribution in [0.15, 0.2) is 71.6 Å². The number of carbonyl (C=O) groups is 2. The minimum absolute atomic E-state index is 0.101. The molecule has 0 saturated carbocycles. The third kappa shape index (κ3) is 5.75. The molecule has 0 saturated heterocycles. The lowest BCUT2D eigenvalue weighted by Gasteiger charge is -2.31. The Balaban J connectivity index is 1.87. The minimum Gasteiger partial charge on any atom is -0.357 e. The first-order valence-electron chi connectivity index (χ1n) is 10.9. The van der Waals surface area contributed by atoms with Gasteiger partial charge in [-0.1, -0.05) is 61.0 Å². The van der Waals surface area contributed by atoms with Crippen molar-refractivity contribution in [2.75, 3.05) is 20.6 Å². The van der Waals surface area contributed by atoms with Crippen molar-refractivity contribution in [3.05, 3.63) is 77.3 Å². The largest absolute Gasteiger partial charge is 0.357 e. The zero-order valence-electron chi connectivity index (χ0n) is 19.4. The number of hydrogen-bond donors (Lipinski definition) is 1. The second-order valence-corrected chi connectivity index (χ2v) is 10.4. The van der Waals surface area contributed by atoms with E-state index in [1.807, 2.05) is 24.3 Å². The average molecular weight is 502 g/mol. The normalized spacial score (nSPS) is 12.5. The molecule has 0 aromatic heterocycles. The standard InChI is InChI=1S/C25H28ClN3O4S/c1-4-23(25(31)27-2)29(16-18-9-12-21(26)13-10-18)24(30)17-28(3)34(32,33)22-14-11-19-7-5-6-8-20(19)15-22/h5-15,23H,4,16-17H2,1-3H3,(H,27,31)/t23-/m1/s1. The number of halogens is 1. The molecule has 0 radical (unpaired) electrons. The van der Waals surface area contributed by atoms with Crippen molar-refractivity contribution in [2.24, 2.45) is 0 Å². The maximum absolute atomic E-state index is 13.3. The van der Waals surface area contributed by atoms with E-state index in [1.54, 1.807) is 43.3 Å². The predicted octanol–water partition coefficient (Wildman–Crippen LogP) is 3.67. The molecule has 7 nitrogen and oxygen atoms in total. The molecule has 180 valence electrons. The number of sulfonamides is 1. The molecule has 0 fully saturated rings. The van der Waals surface area contributed by atoms with E-state index in [-0.39, 0.29) is 17.3 Å². The number of amides is 2. The zero-order chi connectivity index (χ0) is 24.9. The number of nitrogens with zero attached hydrogens (tertiary/aromatic N) is 2. The van der Waals surface area contributed by atoms with E-state index in [0.717, 1.165) is 20.6 Å². The van der Waals surface area contributed by atoms with Crippen molar-refractivity contribution in [2.45, 2.75) is 30.8 Å². The SMILES string of the molecule is CC[C@H](C(=O)NC)N(Cc1ccc(Cl)cc1)C(=O)CN(C)S(=O)(=O)c1ccc2ccccc2c1. The van der Waals surface area contributed by atoms with Crippen LogP contribution in [0.1, 0.15) is 18.9 Å². The smallest absolute Gasteiger partial charge is 0.243 e. The first-order valence-corrected chi connectivity index (χ1v) is 12.7. The van der Waals surface area contributed by atoms with Gasteiger partial charge in [0.25, 0.3) is 0 Å². The molecule has 0 aliphatic heterocycles. The van der Waals surface area contributed by atoms with E-state index in [1.165, 1.54) is 25.1 Å². The van der Waals surface area contributed by atoms with Crippen molar-refractivity contribution in [1.29, 1.82) is 0 Å². The van der Waals surface area contributed by atoms with E-state index in [0.29, 0.717) is 11.4 Å². The van der Waals surface area contributed by atoms with Crippen LogP contribution in [0.2, 0.25) is 5.02 Å². The number of nitrogens with one attached hydrogen (secondary N) is 1. The molecule has 3 rings (SSSR count).